The van der Waals surface area contributed by atoms with Gasteiger partial charge in [-0.15, -0.1) is 0 Å². The zero-order valence-corrected chi connectivity index (χ0v) is 14.7. The van der Waals surface area contributed by atoms with Crippen LogP contribution in [0.2, 0.25) is 0 Å². The summed E-state index contributed by atoms with van der Waals surface area (Å²) in [5, 5.41) is 7.55. The van der Waals surface area contributed by atoms with Crippen LogP contribution in [0.3, 0.4) is 0 Å². The van der Waals surface area contributed by atoms with E-state index in [1.807, 2.05) is 54.9 Å². The summed E-state index contributed by atoms with van der Waals surface area (Å²) in [6.45, 7) is 3.81. The fourth-order valence-corrected chi connectivity index (χ4v) is 3.46. The SMILES string of the molecule is Cc1nn(-c2ccccc2)c(C)c1NC(=O)C1CC1c1ccccc1F. The Morgan fingerprint density at radius 2 is 1.81 bits per heavy atom. The quantitative estimate of drug-likeness (QED) is 0.760. The Hall–Kier alpha value is -2.95. The van der Waals surface area contributed by atoms with E-state index >= 15 is 0 Å². The van der Waals surface area contributed by atoms with Crippen LogP contribution in [-0.4, -0.2) is 15.7 Å². The average molecular weight is 349 g/mol. The van der Waals surface area contributed by atoms with Gasteiger partial charge in [0.25, 0.3) is 0 Å². The van der Waals surface area contributed by atoms with Crippen LogP contribution in [0.4, 0.5) is 10.1 Å². The number of carbonyl (C=O) groups excluding carboxylic acids is 1. The number of para-hydroxylation sites is 1. The number of hydrogen-bond donors (Lipinski definition) is 1. The van der Waals surface area contributed by atoms with Gasteiger partial charge in [0, 0.05) is 5.92 Å². The predicted molar refractivity (Wildman–Crippen MR) is 98.9 cm³/mol. The van der Waals surface area contributed by atoms with Crippen molar-refractivity contribution in [1.29, 1.82) is 0 Å². The maximum Gasteiger partial charge on any atom is 0.228 e. The second-order valence-electron chi connectivity index (χ2n) is 6.75. The Morgan fingerprint density at radius 1 is 1.12 bits per heavy atom. The number of nitrogens with one attached hydrogen (secondary N) is 1. The second-order valence-corrected chi connectivity index (χ2v) is 6.75. The standard InChI is InChI=1S/C21H20FN3O/c1-13-20(14(2)25(24-13)15-8-4-3-5-9-15)23-21(26)18-12-17(18)16-10-6-7-11-19(16)22/h3-11,17-18H,12H2,1-2H3,(H,23,26). The molecule has 2 aromatic carbocycles. The third-order valence-corrected chi connectivity index (χ3v) is 4.97. The first-order valence-electron chi connectivity index (χ1n) is 8.73. The molecule has 26 heavy (non-hydrogen) atoms. The summed E-state index contributed by atoms with van der Waals surface area (Å²) in [4.78, 5) is 12.6. The molecular weight excluding hydrogens is 329 g/mol. The Balaban J connectivity index is 1.53. The zero-order valence-electron chi connectivity index (χ0n) is 14.7. The molecule has 1 aliphatic carbocycles. The number of anilines is 1. The molecule has 132 valence electrons. The highest BCUT2D eigenvalue weighted by Crippen LogP contribution is 2.48. The third-order valence-electron chi connectivity index (χ3n) is 4.97. The molecule has 4 nitrogen and oxygen atoms in total. The van der Waals surface area contributed by atoms with Crippen molar-refractivity contribution >= 4 is 11.6 Å². The van der Waals surface area contributed by atoms with E-state index in [-0.39, 0.29) is 23.6 Å². The Bertz CT molecular complexity index is 965. The number of aromatic nitrogens is 2. The lowest BCUT2D eigenvalue weighted by atomic mass is 10.1. The fraction of sp³-hybridized carbons (Fsp3) is 0.238. The van der Waals surface area contributed by atoms with Crippen LogP contribution in [0.1, 0.15) is 29.3 Å². The van der Waals surface area contributed by atoms with Crippen molar-refractivity contribution in [2.24, 2.45) is 5.92 Å². The van der Waals surface area contributed by atoms with Gasteiger partial charge in [-0.05, 0) is 49.9 Å². The van der Waals surface area contributed by atoms with Crippen LogP contribution in [0.15, 0.2) is 54.6 Å². The summed E-state index contributed by atoms with van der Waals surface area (Å²) in [7, 11) is 0. The van der Waals surface area contributed by atoms with Gasteiger partial charge >= 0.3 is 0 Å². The maximum atomic E-state index is 13.9. The lowest BCUT2D eigenvalue weighted by molar-refractivity contribution is -0.117. The van der Waals surface area contributed by atoms with E-state index in [2.05, 4.69) is 10.4 Å². The first kappa shape index (κ1) is 16.5. The lowest BCUT2D eigenvalue weighted by Gasteiger charge is -2.07. The highest BCUT2D eigenvalue weighted by Gasteiger charge is 2.45. The summed E-state index contributed by atoms with van der Waals surface area (Å²) in [6, 6.07) is 16.5. The number of amides is 1. The van der Waals surface area contributed by atoms with Crippen molar-refractivity contribution in [1.82, 2.24) is 9.78 Å². The zero-order chi connectivity index (χ0) is 18.3. The van der Waals surface area contributed by atoms with E-state index in [9.17, 15) is 9.18 Å². The highest BCUT2D eigenvalue weighted by atomic mass is 19.1. The molecule has 0 radical (unpaired) electrons. The van der Waals surface area contributed by atoms with E-state index in [1.54, 1.807) is 12.1 Å². The van der Waals surface area contributed by atoms with Gasteiger partial charge < -0.3 is 5.32 Å². The monoisotopic (exact) mass is 349 g/mol. The highest BCUT2D eigenvalue weighted by molar-refractivity contribution is 5.96. The molecule has 2 atom stereocenters. The van der Waals surface area contributed by atoms with Crippen molar-refractivity contribution in [2.45, 2.75) is 26.2 Å². The van der Waals surface area contributed by atoms with Crippen LogP contribution >= 0.6 is 0 Å². The number of aryl methyl sites for hydroxylation is 1. The predicted octanol–water partition coefficient (Wildman–Crippen LogP) is 4.37. The molecule has 3 aromatic rings. The minimum atomic E-state index is -0.239. The molecule has 5 heteroatoms. The Kier molecular flexibility index (Phi) is 4.07. The molecular formula is C21H20FN3O. The van der Waals surface area contributed by atoms with Crippen LogP contribution in [0, 0.1) is 25.6 Å². The van der Waals surface area contributed by atoms with E-state index in [0.29, 0.717) is 12.0 Å². The Morgan fingerprint density at radius 3 is 2.54 bits per heavy atom. The maximum absolute atomic E-state index is 13.9. The molecule has 0 spiro atoms. The number of halogens is 1. The first-order chi connectivity index (χ1) is 12.6. The summed E-state index contributed by atoms with van der Waals surface area (Å²) in [5.41, 5.74) is 3.95. The molecule has 1 heterocycles. The van der Waals surface area contributed by atoms with Crippen LogP contribution < -0.4 is 5.32 Å². The molecule has 1 N–H and O–H groups in total. The molecule has 0 saturated heterocycles. The van der Waals surface area contributed by atoms with E-state index in [1.165, 1.54) is 6.07 Å². The normalized spacial score (nSPS) is 18.6. The van der Waals surface area contributed by atoms with Crippen molar-refractivity contribution in [2.75, 3.05) is 5.32 Å². The van der Waals surface area contributed by atoms with Gasteiger partial charge in [0.15, 0.2) is 0 Å². The van der Waals surface area contributed by atoms with E-state index < -0.39 is 0 Å². The largest absolute Gasteiger partial charge is 0.323 e. The summed E-state index contributed by atoms with van der Waals surface area (Å²) in [5.74, 6) is -0.541. The minimum absolute atomic E-state index is 0.0408. The molecule has 1 aromatic heterocycles. The molecule has 4 rings (SSSR count). The molecule has 2 unspecified atom stereocenters. The first-order valence-corrected chi connectivity index (χ1v) is 8.73. The third kappa shape index (κ3) is 2.90. The van der Waals surface area contributed by atoms with E-state index in [4.69, 9.17) is 0 Å². The number of carbonyl (C=O) groups is 1. The van der Waals surface area contributed by atoms with Crippen LogP contribution in [-0.2, 0) is 4.79 Å². The van der Waals surface area contributed by atoms with Gasteiger partial charge in [0.1, 0.15) is 5.82 Å². The Labute approximate surface area is 151 Å². The van der Waals surface area contributed by atoms with Crippen molar-refractivity contribution in [3.63, 3.8) is 0 Å². The molecule has 0 aliphatic heterocycles. The van der Waals surface area contributed by atoms with Crippen molar-refractivity contribution in [3.05, 3.63) is 77.4 Å². The average Bonchev–Trinajstić information content (AvgIpc) is 3.40. The number of rotatable bonds is 4. The second kappa shape index (κ2) is 6.41. The fourth-order valence-electron chi connectivity index (χ4n) is 3.46. The van der Waals surface area contributed by atoms with Crippen LogP contribution in [0.25, 0.3) is 5.69 Å². The van der Waals surface area contributed by atoms with Gasteiger partial charge in [-0.25, -0.2) is 9.07 Å². The molecule has 1 fully saturated rings. The molecule has 1 amide bonds. The van der Waals surface area contributed by atoms with Gasteiger partial charge in [0.05, 0.1) is 22.8 Å². The van der Waals surface area contributed by atoms with Gasteiger partial charge in [-0.2, -0.15) is 5.10 Å². The number of benzene rings is 2. The van der Waals surface area contributed by atoms with Crippen LogP contribution in [0.5, 0.6) is 0 Å². The molecule has 1 saturated carbocycles. The number of hydrogen-bond acceptors (Lipinski definition) is 2. The van der Waals surface area contributed by atoms with Crippen molar-refractivity contribution < 1.29 is 9.18 Å². The van der Waals surface area contributed by atoms with E-state index in [0.717, 1.165) is 22.8 Å². The van der Waals surface area contributed by atoms with Crippen molar-refractivity contribution in [3.8, 4) is 5.69 Å². The summed E-state index contributed by atoms with van der Waals surface area (Å²) >= 11 is 0. The summed E-state index contributed by atoms with van der Waals surface area (Å²) < 4.78 is 15.7. The topological polar surface area (TPSA) is 46.9 Å². The molecule has 1 aliphatic rings. The smallest absolute Gasteiger partial charge is 0.228 e. The van der Waals surface area contributed by atoms with Gasteiger partial charge in [-0.3, -0.25) is 4.79 Å². The molecule has 0 bridgehead atoms. The van der Waals surface area contributed by atoms with Gasteiger partial charge in [0.2, 0.25) is 5.91 Å². The van der Waals surface area contributed by atoms with Gasteiger partial charge in [-0.1, -0.05) is 36.4 Å². The lowest BCUT2D eigenvalue weighted by Crippen LogP contribution is -2.16. The summed E-state index contributed by atoms with van der Waals surface area (Å²) in [6.07, 6.45) is 0.678. The minimum Gasteiger partial charge on any atom is -0.323 e. The number of nitrogens with zero attached hydrogens (tertiary/aromatic N) is 2.